The minimum atomic E-state index is -0.255. The molecular formula is C24H21FN2OS3. The first-order chi connectivity index (χ1) is 15.1. The van der Waals surface area contributed by atoms with Crippen LogP contribution in [0.2, 0.25) is 0 Å². The topological polar surface area (TPSA) is 33.2 Å². The van der Waals surface area contributed by atoms with E-state index in [2.05, 4.69) is 12.1 Å². The molecule has 0 radical (unpaired) electrons. The highest BCUT2D eigenvalue weighted by Gasteiger charge is 2.20. The smallest absolute Gasteiger partial charge is 0.229 e. The highest BCUT2D eigenvalue weighted by Crippen LogP contribution is 2.33. The molecule has 4 rings (SSSR count). The van der Waals surface area contributed by atoms with Crippen molar-refractivity contribution in [2.45, 2.75) is 22.8 Å². The SMILES string of the molecule is CSc1ccc2nc(N(Cc3ccccc3)C(=O)CCSc3ccc(F)cc3)sc2c1. The maximum atomic E-state index is 13.2. The van der Waals surface area contributed by atoms with E-state index in [9.17, 15) is 9.18 Å². The van der Waals surface area contributed by atoms with Crippen LogP contribution in [0.25, 0.3) is 10.2 Å². The predicted octanol–water partition coefficient (Wildman–Crippen LogP) is 6.87. The van der Waals surface area contributed by atoms with Gasteiger partial charge in [0.05, 0.1) is 16.8 Å². The predicted molar refractivity (Wildman–Crippen MR) is 131 cm³/mol. The van der Waals surface area contributed by atoms with Crippen molar-refractivity contribution in [3.05, 3.63) is 84.2 Å². The molecule has 0 saturated heterocycles. The van der Waals surface area contributed by atoms with Crippen LogP contribution >= 0.6 is 34.9 Å². The lowest BCUT2D eigenvalue weighted by atomic mass is 10.2. The number of thiazole rings is 1. The zero-order valence-corrected chi connectivity index (χ0v) is 19.4. The molecule has 0 saturated carbocycles. The third-order valence-corrected chi connectivity index (χ3v) is 7.48. The number of benzene rings is 3. The van der Waals surface area contributed by atoms with E-state index in [1.165, 1.54) is 17.0 Å². The minimum absolute atomic E-state index is 0.0302. The maximum Gasteiger partial charge on any atom is 0.229 e. The molecule has 1 heterocycles. The second kappa shape index (κ2) is 10.3. The van der Waals surface area contributed by atoms with Gasteiger partial charge in [0.25, 0.3) is 0 Å². The fourth-order valence-electron chi connectivity index (χ4n) is 3.09. The van der Waals surface area contributed by atoms with E-state index >= 15 is 0 Å². The van der Waals surface area contributed by atoms with Crippen molar-refractivity contribution in [3.8, 4) is 0 Å². The van der Waals surface area contributed by atoms with Gasteiger partial charge in [-0.3, -0.25) is 9.69 Å². The van der Waals surface area contributed by atoms with Gasteiger partial charge >= 0.3 is 0 Å². The Balaban J connectivity index is 1.53. The van der Waals surface area contributed by atoms with E-state index in [-0.39, 0.29) is 11.7 Å². The summed E-state index contributed by atoms with van der Waals surface area (Å²) in [7, 11) is 0. The van der Waals surface area contributed by atoms with Crippen LogP contribution in [0.1, 0.15) is 12.0 Å². The molecular weight excluding hydrogens is 447 g/mol. The lowest BCUT2D eigenvalue weighted by Gasteiger charge is -2.20. The number of carbonyl (C=O) groups is 1. The molecule has 3 aromatic carbocycles. The monoisotopic (exact) mass is 468 g/mol. The quantitative estimate of drug-likeness (QED) is 0.264. The molecule has 0 aliphatic carbocycles. The number of rotatable bonds is 8. The van der Waals surface area contributed by atoms with Gasteiger partial charge in [-0.05, 0) is 54.3 Å². The number of fused-ring (bicyclic) bond motifs is 1. The molecule has 1 aromatic heterocycles. The van der Waals surface area contributed by atoms with E-state index < -0.39 is 0 Å². The van der Waals surface area contributed by atoms with Gasteiger partial charge in [0, 0.05) is 22.0 Å². The Labute approximate surface area is 193 Å². The first-order valence-electron chi connectivity index (χ1n) is 9.79. The highest BCUT2D eigenvalue weighted by atomic mass is 32.2. The van der Waals surface area contributed by atoms with Crippen molar-refractivity contribution in [1.82, 2.24) is 4.98 Å². The van der Waals surface area contributed by atoms with Crippen LogP contribution in [0.3, 0.4) is 0 Å². The molecule has 4 aromatic rings. The molecule has 0 N–H and O–H groups in total. The number of amides is 1. The average molecular weight is 469 g/mol. The Kier molecular flexibility index (Phi) is 7.27. The van der Waals surface area contributed by atoms with Gasteiger partial charge in [0.15, 0.2) is 5.13 Å². The molecule has 0 spiro atoms. The Hall–Kier alpha value is -2.35. The summed E-state index contributed by atoms with van der Waals surface area (Å²) in [4.78, 5) is 21.9. The summed E-state index contributed by atoms with van der Waals surface area (Å²) >= 11 is 4.79. The molecule has 0 aliphatic rings. The van der Waals surface area contributed by atoms with Crippen molar-refractivity contribution in [2.75, 3.05) is 16.9 Å². The summed E-state index contributed by atoms with van der Waals surface area (Å²) in [6.07, 6.45) is 2.42. The van der Waals surface area contributed by atoms with Crippen molar-refractivity contribution < 1.29 is 9.18 Å². The molecule has 158 valence electrons. The van der Waals surface area contributed by atoms with Gasteiger partial charge in [0.2, 0.25) is 5.91 Å². The normalized spacial score (nSPS) is 11.0. The number of hydrogen-bond donors (Lipinski definition) is 0. The van der Waals surface area contributed by atoms with E-state index in [1.807, 2.05) is 42.7 Å². The van der Waals surface area contributed by atoms with E-state index in [0.717, 1.165) is 20.7 Å². The number of carbonyl (C=O) groups excluding carboxylic acids is 1. The number of aromatic nitrogens is 1. The largest absolute Gasteiger partial charge is 0.284 e. The summed E-state index contributed by atoms with van der Waals surface area (Å²) in [5.74, 6) is 0.398. The van der Waals surface area contributed by atoms with Crippen molar-refractivity contribution in [2.24, 2.45) is 0 Å². The van der Waals surface area contributed by atoms with Crippen LogP contribution in [0.5, 0.6) is 0 Å². The van der Waals surface area contributed by atoms with Crippen LogP contribution in [0, 0.1) is 5.82 Å². The first-order valence-corrected chi connectivity index (χ1v) is 12.8. The number of hydrogen-bond acceptors (Lipinski definition) is 5. The Morgan fingerprint density at radius 1 is 1.03 bits per heavy atom. The zero-order valence-electron chi connectivity index (χ0n) is 17.0. The summed E-state index contributed by atoms with van der Waals surface area (Å²) in [6, 6.07) is 22.5. The zero-order chi connectivity index (χ0) is 21.6. The lowest BCUT2D eigenvalue weighted by Crippen LogP contribution is -2.30. The minimum Gasteiger partial charge on any atom is -0.284 e. The summed E-state index contributed by atoms with van der Waals surface area (Å²) in [5.41, 5.74) is 1.97. The van der Waals surface area contributed by atoms with Crippen molar-refractivity contribution >= 4 is 56.1 Å². The Morgan fingerprint density at radius 2 is 1.77 bits per heavy atom. The number of anilines is 1. The van der Waals surface area contributed by atoms with E-state index in [1.54, 1.807) is 51.9 Å². The summed E-state index contributed by atoms with van der Waals surface area (Å²) < 4.78 is 14.2. The number of nitrogens with zero attached hydrogens (tertiary/aromatic N) is 2. The van der Waals surface area contributed by atoms with Crippen LogP contribution in [0.15, 0.2) is 82.6 Å². The van der Waals surface area contributed by atoms with E-state index in [4.69, 9.17) is 4.98 Å². The van der Waals surface area contributed by atoms with Gasteiger partial charge in [0.1, 0.15) is 5.82 Å². The van der Waals surface area contributed by atoms with Crippen LogP contribution in [0.4, 0.5) is 9.52 Å². The van der Waals surface area contributed by atoms with Gasteiger partial charge in [-0.2, -0.15) is 0 Å². The second-order valence-electron chi connectivity index (χ2n) is 6.85. The molecule has 0 fully saturated rings. The maximum absolute atomic E-state index is 13.2. The van der Waals surface area contributed by atoms with Crippen molar-refractivity contribution in [3.63, 3.8) is 0 Å². The molecule has 0 atom stereocenters. The second-order valence-corrected chi connectivity index (χ2v) is 9.91. The third-order valence-electron chi connectivity index (χ3n) is 4.70. The van der Waals surface area contributed by atoms with Crippen LogP contribution in [-0.4, -0.2) is 22.9 Å². The Bertz CT molecular complexity index is 1160. The summed E-state index contributed by atoms with van der Waals surface area (Å²) in [6.45, 7) is 0.482. The molecule has 7 heteroatoms. The molecule has 0 aliphatic heterocycles. The third kappa shape index (κ3) is 5.67. The van der Waals surface area contributed by atoms with Crippen LogP contribution < -0.4 is 4.90 Å². The standard InChI is InChI=1S/C24H21FN2OS3/c1-29-20-11-12-21-22(15-20)31-24(26-21)27(16-17-5-3-2-4-6-17)23(28)13-14-30-19-9-7-18(25)8-10-19/h2-12,15H,13-14,16H2,1H3. The van der Waals surface area contributed by atoms with Gasteiger partial charge < -0.3 is 0 Å². The number of thioether (sulfide) groups is 2. The molecule has 1 amide bonds. The Morgan fingerprint density at radius 3 is 2.52 bits per heavy atom. The molecule has 3 nitrogen and oxygen atoms in total. The average Bonchev–Trinajstić information content (AvgIpc) is 3.22. The van der Waals surface area contributed by atoms with Gasteiger partial charge in [-0.15, -0.1) is 23.5 Å². The first kappa shape index (κ1) is 21.9. The fraction of sp³-hybridized carbons (Fsp3) is 0.167. The van der Waals surface area contributed by atoms with E-state index in [0.29, 0.717) is 23.8 Å². The van der Waals surface area contributed by atoms with Gasteiger partial charge in [-0.1, -0.05) is 41.7 Å². The van der Waals surface area contributed by atoms with Gasteiger partial charge in [-0.25, -0.2) is 9.37 Å². The molecule has 0 bridgehead atoms. The van der Waals surface area contributed by atoms with Crippen LogP contribution in [-0.2, 0) is 11.3 Å². The summed E-state index contributed by atoms with van der Waals surface area (Å²) in [5, 5.41) is 0.717. The highest BCUT2D eigenvalue weighted by molar-refractivity contribution is 7.99. The molecule has 31 heavy (non-hydrogen) atoms. The lowest BCUT2D eigenvalue weighted by molar-refractivity contribution is -0.118. The van der Waals surface area contributed by atoms with Crippen molar-refractivity contribution in [1.29, 1.82) is 0 Å². The molecule has 0 unspecified atom stereocenters. The fourth-order valence-corrected chi connectivity index (χ4v) is 5.46. The number of halogens is 1.